The smallest absolute Gasteiger partial charge is 0.261 e. The third-order valence-corrected chi connectivity index (χ3v) is 6.26. The van der Waals surface area contributed by atoms with Gasteiger partial charge in [-0.15, -0.1) is 23.7 Å². The van der Waals surface area contributed by atoms with Gasteiger partial charge in [0.15, 0.2) is 0 Å². The first kappa shape index (κ1) is 22.1. The predicted octanol–water partition coefficient (Wildman–Crippen LogP) is 1.29. The van der Waals surface area contributed by atoms with Gasteiger partial charge in [-0.05, 0) is 31.4 Å². The van der Waals surface area contributed by atoms with Gasteiger partial charge in [0.2, 0.25) is 5.91 Å². The number of thiophene rings is 1. The van der Waals surface area contributed by atoms with Crippen LogP contribution in [0.25, 0.3) is 0 Å². The zero-order valence-electron chi connectivity index (χ0n) is 15.6. The number of carbonyl (C=O) groups is 2. The molecule has 0 saturated carbocycles. The Morgan fingerprint density at radius 3 is 2.81 bits per heavy atom. The summed E-state index contributed by atoms with van der Waals surface area (Å²) in [6.07, 6.45) is 2.32. The van der Waals surface area contributed by atoms with Crippen LogP contribution < -0.4 is 11.1 Å². The Hall–Kier alpha value is -1.19. The molecule has 2 aliphatic rings. The van der Waals surface area contributed by atoms with Crippen LogP contribution in [0.1, 0.15) is 39.9 Å². The number of rotatable bonds is 6. The molecule has 3 rings (SSSR count). The summed E-state index contributed by atoms with van der Waals surface area (Å²) in [4.78, 5) is 28.0. The standard InChI is InChI=1S/C18H27N3O4S.ClH/c1-2-24-10-6-20-17(23)15-11-13-14(26-15)3-9-25-18(13)4-7-21(8-5-18)16(22)12-19;/h11H,2-10,12,19H2,1H3,(H,20,23);1H. The van der Waals surface area contributed by atoms with Crippen LogP contribution in [-0.2, 0) is 26.3 Å². The van der Waals surface area contributed by atoms with E-state index in [0.29, 0.717) is 39.5 Å². The second kappa shape index (κ2) is 9.84. The highest BCUT2D eigenvalue weighted by Gasteiger charge is 2.42. The summed E-state index contributed by atoms with van der Waals surface area (Å²) >= 11 is 1.55. The summed E-state index contributed by atoms with van der Waals surface area (Å²) in [6.45, 7) is 5.59. The summed E-state index contributed by atoms with van der Waals surface area (Å²) < 4.78 is 11.4. The molecule has 1 spiro atoms. The van der Waals surface area contributed by atoms with Gasteiger partial charge in [-0.1, -0.05) is 0 Å². The summed E-state index contributed by atoms with van der Waals surface area (Å²) in [5, 5.41) is 2.90. The molecule has 152 valence electrons. The monoisotopic (exact) mass is 417 g/mol. The molecule has 0 radical (unpaired) electrons. The number of halogens is 1. The Morgan fingerprint density at radius 1 is 1.41 bits per heavy atom. The topological polar surface area (TPSA) is 93.9 Å². The van der Waals surface area contributed by atoms with Gasteiger partial charge in [-0.25, -0.2) is 0 Å². The van der Waals surface area contributed by atoms with Crippen molar-refractivity contribution in [3.8, 4) is 0 Å². The van der Waals surface area contributed by atoms with Crippen molar-refractivity contribution in [2.75, 3.05) is 46.0 Å². The van der Waals surface area contributed by atoms with E-state index in [1.54, 1.807) is 16.2 Å². The molecule has 9 heteroatoms. The molecule has 3 N–H and O–H groups in total. The third kappa shape index (κ3) is 4.81. The zero-order valence-corrected chi connectivity index (χ0v) is 17.3. The number of amides is 2. The fourth-order valence-electron chi connectivity index (χ4n) is 3.66. The second-order valence-corrected chi connectivity index (χ2v) is 7.71. The fourth-order valence-corrected chi connectivity index (χ4v) is 4.80. The van der Waals surface area contributed by atoms with Crippen LogP contribution in [0.4, 0.5) is 0 Å². The predicted molar refractivity (Wildman–Crippen MR) is 107 cm³/mol. The number of ether oxygens (including phenoxy) is 2. The minimum atomic E-state index is -0.376. The maximum atomic E-state index is 12.4. The maximum Gasteiger partial charge on any atom is 0.261 e. The maximum absolute atomic E-state index is 12.4. The molecular formula is C18H28ClN3O4S. The number of nitrogens with one attached hydrogen (secondary N) is 1. The van der Waals surface area contributed by atoms with Crippen LogP contribution in [0.2, 0.25) is 0 Å². The van der Waals surface area contributed by atoms with Gasteiger partial charge >= 0.3 is 0 Å². The molecule has 1 aromatic rings. The van der Waals surface area contributed by atoms with Crippen LogP contribution in [0.15, 0.2) is 6.07 Å². The average molecular weight is 418 g/mol. The van der Waals surface area contributed by atoms with Crippen molar-refractivity contribution >= 4 is 35.6 Å². The van der Waals surface area contributed by atoms with E-state index in [1.165, 1.54) is 4.88 Å². The van der Waals surface area contributed by atoms with Crippen molar-refractivity contribution in [1.82, 2.24) is 10.2 Å². The van der Waals surface area contributed by atoms with Gasteiger partial charge < -0.3 is 25.4 Å². The van der Waals surface area contributed by atoms with E-state index in [2.05, 4.69) is 5.32 Å². The number of piperidine rings is 1. The fraction of sp³-hybridized carbons (Fsp3) is 0.667. The molecule has 1 fully saturated rings. The molecule has 0 unspecified atom stereocenters. The first-order valence-electron chi connectivity index (χ1n) is 9.20. The second-order valence-electron chi connectivity index (χ2n) is 6.58. The molecule has 7 nitrogen and oxygen atoms in total. The van der Waals surface area contributed by atoms with Crippen molar-refractivity contribution < 1.29 is 19.1 Å². The number of likely N-dealkylation sites (tertiary alicyclic amines) is 1. The van der Waals surface area contributed by atoms with Crippen LogP contribution in [0, 0.1) is 0 Å². The van der Waals surface area contributed by atoms with E-state index in [-0.39, 0.29) is 36.4 Å². The molecule has 0 atom stereocenters. The van der Waals surface area contributed by atoms with E-state index < -0.39 is 0 Å². The molecule has 1 aromatic heterocycles. The van der Waals surface area contributed by atoms with Gasteiger partial charge in [0, 0.05) is 37.5 Å². The highest BCUT2D eigenvalue weighted by atomic mass is 35.5. The van der Waals surface area contributed by atoms with E-state index in [0.717, 1.165) is 29.7 Å². The molecule has 2 aliphatic heterocycles. The van der Waals surface area contributed by atoms with E-state index in [4.69, 9.17) is 15.2 Å². The van der Waals surface area contributed by atoms with Crippen LogP contribution >= 0.6 is 23.7 Å². The minimum absolute atomic E-state index is 0. The largest absolute Gasteiger partial charge is 0.380 e. The molecule has 27 heavy (non-hydrogen) atoms. The van der Waals surface area contributed by atoms with Gasteiger partial charge in [-0.2, -0.15) is 0 Å². The van der Waals surface area contributed by atoms with Crippen molar-refractivity contribution in [1.29, 1.82) is 0 Å². The number of carbonyl (C=O) groups excluding carboxylic acids is 2. The average Bonchev–Trinajstić information content (AvgIpc) is 3.11. The van der Waals surface area contributed by atoms with Gasteiger partial charge in [0.05, 0.1) is 30.2 Å². The Kier molecular flexibility index (Phi) is 8.05. The molecule has 0 bridgehead atoms. The van der Waals surface area contributed by atoms with Crippen LogP contribution in [0.5, 0.6) is 0 Å². The molecule has 0 aromatic carbocycles. The third-order valence-electron chi connectivity index (χ3n) is 5.07. The number of nitrogens with zero attached hydrogens (tertiary/aromatic N) is 1. The van der Waals surface area contributed by atoms with Crippen molar-refractivity contribution in [3.05, 3.63) is 21.4 Å². The molecule has 0 aliphatic carbocycles. The lowest BCUT2D eigenvalue weighted by molar-refractivity contribution is -0.139. The summed E-state index contributed by atoms with van der Waals surface area (Å²) in [6, 6.07) is 1.98. The van der Waals surface area contributed by atoms with E-state index in [9.17, 15) is 9.59 Å². The zero-order chi connectivity index (χ0) is 18.6. The molecule has 3 heterocycles. The van der Waals surface area contributed by atoms with Crippen LogP contribution in [0.3, 0.4) is 0 Å². The number of hydrogen-bond acceptors (Lipinski definition) is 6. The van der Waals surface area contributed by atoms with E-state index in [1.807, 2.05) is 13.0 Å². The lowest BCUT2D eigenvalue weighted by Gasteiger charge is -2.44. The Bertz CT molecular complexity index is 659. The lowest BCUT2D eigenvalue weighted by atomic mass is 9.82. The van der Waals surface area contributed by atoms with Crippen molar-refractivity contribution in [2.45, 2.75) is 31.8 Å². The minimum Gasteiger partial charge on any atom is -0.380 e. The summed E-state index contributed by atoms with van der Waals surface area (Å²) in [7, 11) is 0. The lowest BCUT2D eigenvalue weighted by Crippen LogP contribution is -2.49. The molecule has 1 saturated heterocycles. The number of fused-ring (bicyclic) bond motifs is 2. The Labute approximate surface area is 170 Å². The summed E-state index contributed by atoms with van der Waals surface area (Å²) in [5.74, 6) is -0.0782. The van der Waals surface area contributed by atoms with Crippen molar-refractivity contribution in [2.24, 2.45) is 5.73 Å². The Balaban J connectivity index is 0.00000261. The van der Waals surface area contributed by atoms with E-state index >= 15 is 0 Å². The molecule has 2 amide bonds. The quantitative estimate of drug-likeness (QED) is 0.680. The SMILES string of the molecule is CCOCCNC(=O)c1cc2c(s1)CCOC21CCN(C(=O)CN)CC1.Cl. The van der Waals surface area contributed by atoms with Crippen LogP contribution in [-0.4, -0.2) is 62.7 Å². The normalized spacial score (nSPS) is 17.9. The summed E-state index contributed by atoms with van der Waals surface area (Å²) in [5.41, 5.74) is 6.22. The Morgan fingerprint density at radius 2 is 2.15 bits per heavy atom. The van der Waals surface area contributed by atoms with Gasteiger partial charge in [-0.3, -0.25) is 9.59 Å². The highest BCUT2D eigenvalue weighted by Crippen LogP contribution is 2.44. The number of hydrogen-bond donors (Lipinski definition) is 2. The highest BCUT2D eigenvalue weighted by molar-refractivity contribution is 7.14. The van der Waals surface area contributed by atoms with Crippen molar-refractivity contribution in [3.63, 3.8) is 0 Å². The molecular weight excluding hydrogens is 390 g/mol. The number of nitrogens with two attached hydrogens (primary N) is 1. The first-order chi connectivity index (χ1) is 12.6. The van der Waals surface area contributed by atoms with Gasteiger partial charge in [0.1, 0.15) is 0 Å². The first-order valence-corrected chi connectivity index (χ1v) is 10.0. The van der Waals surface area contributed by atoms with Gasteiger partial charge in [0.25, 0.3) is 5.91 Å².